The number of hydrogen-bond acceptors (Lipinski definition) is 3. The van der Waals surface area contributed by atoms with Gasteiger partial charge in [0.15, 0.2) is 0 Å². The molecule has 0 fully saturated rings. The maximum atomic E-state index is 6.12. The Balaban J connectivity index is 1.94. The van der Waals surface area contributed by atoms with E-state index in [1.54, 1.807) is 16.4 Å². The summed E-state index contributed by atoms with van der Waals surface area (Å²) in [5.41, 5.74) is 8.49. The number of thioether (sulfide) groups is 1. The molecule has 0 radical (unpaired) electrons. The Morgan fingerprint density at radius 1 is 1.47 bits per heavy atom. The zero-order valence-corrected chi connectivity index (χ0v) is 10.9. The summed E-state index contributed by atoms with van der Waals surface area (Å²) in [4.78, 5) is 1.27. The van der Waals surface area contributed by atoms with E-state index >= 15 is 0 Å². The number of aromatic nitrogens is 2. The minimum absolute atomic E-state index is 0.0363. The molecule has 2 aromatic rings. The van der Waals surface area contributed by atoms with Crippen molar-refractivity contribution in [2.75, 3.05) is 5.75 Å². The van der Waals surface area contributed by atoms with Gasteiger partial charge in [-0.15, -0.1) is 11.8 Å². The fourth-order valence-corrected chi connectivity index (χ4v) is 2.63. The largest absolute Gasteiger partial charge is 0.323 e. The maximum absolute atomic E-state index is 6.12. The van der Waals surface area contributed by atoms with Crippen LogP contribution in [-0.2, 0) is 7.05 Å². The van der Waals surface area contributed by atoms with Gasteiger partial charge in [-0.05, 0) is 19.1 Å². The van der Waals surface area contributed by atoms with Crippen LogP contribution in [0.4, 0.5) is 0 Å². The number of rotatable bonds is 4. The van der Waals surface area contributed by atoms with E-state index in [2.05, 4.69) is 36.3 Å². The van der Waals surface area contributed by atoms with Crippen molar-refractivity contribution in [3.63, 3.8) is 0 Å². The van der Waals surface area contributed by atoms with Crippen molar-refractivity contribution in [3.8, 4) is 0 Å². The van der Waals surface area contributed by atoms with Crippen LogP contribution in [0.2, 0.25) is 0 Å². The minimum atomic E-state index is 0.0363. The summed E-state index contributed by atoms with van der Waals surface area (Å²) in [6.07, 6.45) is 3.81. The predicted octanol–water partition coefficient (Wildman–Crippen LogP) is 2.52. The van der Waals surface area contributed by atoms with Gasteiger partial charge in [-0.1, -0.05) is 17.7 Å². The average Bonchev–Trinajstić information content (AvgIpc) is 2.73. The minimum Gasteiger partial charge on any atom is -0.323 e. The van der Waals surface area contributed by atoms with E-state index in [1.807, 2.05) is 19.4 Å². The van der Waals surface area contributed by atoms with Gasteiger partial charge < -0.3 is 5.73 Å². The first-order valence-electron chi connectivity index (χ1n) is 5.59. The molecule has 1 aromatic heterocycles. The molecule has 2 rings (SSSR count). The standard InChI is InChI=1S/C13H17N3S/c1-10-4-3-5-12(6-10)17-9-13(14)11-7-15-16(2)8-11/h3-8,13H,9,14H2,1-2H3. The highest BCUT2D eigenvalue weighted by Gasteiger charge is 2.08. The highest BCUT2D eigenvalue weighted by molar-refractivity contribution is 7.99. The Kier molecular flexibility index (Phi) is 3.86. The predicted molar refractivity (Wildman–Crippen MR) is 72.0 cm³/mol. The zero-order chi connectivity index (χ0) is 12.3. The molecule has 4 heteroatoms. The van der Waals surface area contributed by atoms with Crippen molar-refractivity contribution in [2.45, 2.75) is 17.9 Å². The zero-order valence-electron chi connectivity index (χ0n) is 10.1. The summed E-state index contributed by atoms with van der Waals surface area (Å²) in [5.74, 6) is 0.870. The van der Waals surface area contributed by atoms with Crippen LogP contribution >= 0.6 is 11.8 Å². The van der Waals surface area contributed by atoms with E-state index in [1.165, 1.54) is 10.5 Å². The molecular formula is C13H17N3S. The molecule has 0 spiro atoms. The molecule has 1 heterocycles. The number of aryl methyl sites for hydroxylation is 2. The summed E-state index contributed by atoms with van der Waals surface area (Å²) in [5, 5.41) is 4.13. The van der Waals surface area contributed by atoms with Gasteiger partial charge in [0.2, 0.25) is 0 Å². The molecule has 2 N–H and O–H groups in total. The van der Waals surface area contributed by atoms with Crippen molar-refractivity contribution < 1.29 is 0 Å². The summed E-state index contributed by atoms with van der Waals surface area (Å²) < 4.78 is 1.78. The highest BCUT2D eigenvalue weighted by atomic mass is 32.2. The van der Waals surface area contributed by atoms with Crippen molar-refractivity contribution in [3.05, 3.63) is 47.8 Å². The number of nitrogens with two attached hydrogens (primary N) is 1. The Morgan fingerprint density at radius 3 is 2.94 bits per heavy atom. The number of benzene rings is 1. The third-order valence-corrected chi connectivity index (χ3v) is 3.69. The second-order valence-electron chi connectivity index (χ2n) is 4.18. The SMILES string of the molecule is Cc1cccc(SCC(N)c2cnn(C)c2)c1. The van der Waals surface area contributed by atoms with Crippen LogP contribution in [0, 0.1) is 6.92 Å². The lowest BCUT2D eigenvalue weighted by Gasteiger charge is -2.09. The second kappa shape index (κ2) is 5.38. The first kappa shape index (κ1) is 12.2. The van der Waals surface area contributed by atoms with Crippen LogP contribution in [0.1, 0.15) is 17.2 Å². The number of nitrogens with zero attached hydrogens (tertiary/aromatic N) is 2. The van der Waals surface area contributed by atoms with Crippen molar-refractivity contribution in [2.24, 2.45) is 12.8 Å². The Hall–Kier alpha value is -1.26. The van der Waals surface area contributed by atoms with E-state index in [4.69, 9.17) is 5.73 Å². The summed E-state index contributed by atoms with van der Waals surface area (Å²) in [6, 6.07) is 8.52. The van der Waals surface area contributed by atoms with E-state index in [9.17, 15) is 0 Å². The van der Waals surface area contributed by atoms with E-state index in [-0.39, 0.29) is 6.04 Å². The van der Waals surface area contributed by atoms with Gasteiger partial charge in [0.25, 0.3) is 0 Å². The molecule has 0 aliphatic carbocycles. The molecule has 0 bridgehead atoms. The van der Waals surface area contributed by atoms with Gasteiger partial charge in [0.05, 0.1) is 6.20 Å². The fourth-order valence-electron chi connectivity index (χ4n) is 1.62. The quantitative estimate of drug-likeness (QED) is 0.844. The summed E-state index contributed by atoms with van der Waals surface area (Å²) in [6.45, 7) is 2.10. The lowest BCUT2D eigenvalue weighted by molar-refractivity contribution is 0.763. The smallest absolute Gasteiger partial charge is 0.0537 e. The van der Waals surface area contributed by atoms with Crippen LogP contribution in [0.5, 0.6) is 0 Å². The topological polar surface area (TPSA) is 43.8 Å². The fraction of sp³-hybridized carbons (Fsp3) is 0.308. The van der Waals surface area contributed by atoms with Gasteiger partial charge in [0.1, 0.15) is 0 Å². The molecule has 3 nitrogen and oxygen atoms in total. The van der Waals surface area contributed by atoms with Crippen molar-refractivity contribution in [1.29, 1.82) is 0 Å². The summed E-state index contributed by atoms with van der Waals surface area (Å²) in [7, 11) is 1.91. The number of hydrogen-bond donors (Lipinski definition) is 1. The summed E-state index contributed by atoms with van der Waals surface area (Å²) >= 11 is 1.78. The highest BCUT2D eigenvalue weighted by Crippen LogP contribution is 2.23. The van der Waals surface area contributed by atoms with Crippen LogP contribution < -0.4 is 5.73 Å². The Morgan fingerprint density at radius 2 is 2.29 bits per heavy atom. The molecule has 1 aromatic carbocycles. The second-order valence-corrected chi connectivity index (χ2v) is 5.27. The lowest BCUT2D eigenvalue weighted by atomic mass is 10.2. The Bertz CT molecular complexity index is 493. The van der Waals surface area contributed by atoms with Gasteiger partial charge in [-0.3, -0.25) is 4.68 Å². The Labute approximate surface area is 106 Å². The van der Waals surface area contributed by atoms with E-state index < -0.39 is 0 Å². The van der Waals surface area contributed by atoms with Gasteiger partial charge in [-0.2, -0.15) is 5.10 Å². The monoisotopic (exact) mass is 247 g/mol. The third kappa shape index (κ3) is 3.35. The first-order chi connectivity index (χ1) is 8.15. The van der Waals surface area contributed by atoms with Crippen LogP contribution in [0.25, 0.3) is 0 Å². The van der Waals surface area contributed by atoms with E-state index in [0.29, 0.717) is 0 Å². The van der Waals surface area contributed by atoms with Crippen LogP contribution in [0.15, 0.2) is 41.6 Å². The molecule has 0 saturated carbocycles. The van der Waals surface area contributed by atoms with Crippen LogP contribution in [0.3, 0.4) is 0 Å². The van der Waals surface area contributed by atoms with Crippen molar-refractivity contribution >= 4 is 11.8 Å². The molecule has 0 aliphatic heterocycles. The third-order valence-electron chi connectivity index (χ3n) is 2.57. The van der Waals surface area contributed by atoms with Gasteiger partial charge in [0, 0.05) is 35.5 Å². The molecule has 90 valence electrons. The van der Waals surface area contributed by atoms with Crippen LogP contribution in [-0.4, -0.2) is 15.5 Å². The van der Waals surface area contributed by atoms with Crippen molar-refractivity contribution in [1.82, 2.24) is 9.78 Å². The van der Waals surface area contributed by atoms with E-state index in [0.717, 1.165) is 11.3 Å². The average molecular weight is 247 g/mol. The normalized spacial score (nSPS) is 12.6. The van der Waals surface area contributed by atoms with Gasteiger partial charge in [-0.25, -0.2) is 0 Å². The lowest BCUT2D eigenvalue weighted by Crippen LogP contribution is -2.12. The molecular weight excluding hydrogens is 230 g/mol. The molecule has 1 atom stereocenters. The first-order valence-corrected chi connectivity index (χ1v) is 6.57. The molecule has 1 unspecified atom stereocenters. The molecule has 0 aliphatic rings. The van der Waals surface area contributed by atoms with Gasteiger partial charge >= 0.3 is 0 Å². The molecule has 0 saturated heterocycles. The maximum Gasteiger partial charge on any atom is 0.0537 e. The molecule has 17 heavy (non-hydrogen) atoms. The molecule has 0 amide bonds.